The van der Waals surface area contributed by atoms with Crippen LogP contribution in [0.3, 0.4) is 0 Å². The molecule has 31 heavy (non-hydrogen) atoms. The quantitative estimate of drug-likeness (QED) is 0.704. The molecule has 0 radical (unpaired) electrons. The SMILES string of the molecule is COc1ccc(CN2CCC3(CC2)CN(S(C)(=O)=O)Cc2ccccc2O3)cc1OC. The molecule has 168 valence electrons. The Bertz CT molecular complexity index is 1030. The Balaban J connectivity index is 1.50. The Morgan fingerprint density at radius 2 is 1.74 bits per heavy atom. The minimum atomic E-state index is -3.33. The van der Waals surface area contributed by atoms with Gasteiger partial charge in [-0.15, -0.1) is 0 Å². The van der Waals surface area contributed by atoms with Crippen molar-refractivity contribution in [2.75, 3.05) is 40.1 Å². The molecule has 7 nitrogen and oxygen atoms in total. The average Bonchev–Trinajstić information content (AvgIpc) is 2.92. The van der Waals surface area contributed by atoms with Crippen LogP contribution >= 0.6 is 0 Å². The molecule has 2 aliphatic rings. The smallest absolute Gasteiger partial charge is 0.211 e. The maximum Gasteiger partial charge on any atom is 0.211 e. The van der Waals surface area contributed by atoms with Crippen LogP contribution in [0, 0.1) is 0 Å². The second-order valence-electron chi connectivity index (χ2n) is 8.39. The van der Waals surface area contributed by atoms with Crippen LogP contribution in [0.5, 0.6) is 17.2 Å². The summed E-state index contributed by atoms with van der Waals surface area (Å²) in [4.78, 5) is 2.37. The molecule has 0 aromatic heterocycles. The number of hydrogen-bond donors (Lipinski definition) is 0. The van der Waals surface area contributed by atoms with E-state index in [4.69, 9.17) is 14.2 Å². The van der Waals surface area contributed by atoms with E-state index in [1.165, 1.54) is 6.26 Å². The first-order chi connectivity index (χ1) is 14.8. The summed E-state index contributed by atoms with van der Waals surface area (Å²) in [6, 6.07) is 13.7. The second kappa shape index (κ2) is 8.68. The number of fused-ring (bicyclic) bond motifs is 1. The zero-order valence-electron chi connectivity index (χ0n) is 18.3. The van der Waals surface area contributed by atoms with Gasteiger partial charge in [0.05, 0.1) is 27.0 Å². The van der Waals surface area contributed by atoms with Gasteiger partial charge in [-0.2, -0.15) is 4.31 Å². The van der Waals surface area contributed by atoms with Crippen LogP contribution in [0.25, 0.3) is 0 Å². The summed E-state index contributed by atoms with van der Waals surface area (Å²) in [5.74, 6) is 2.23. The molecule has 8 heteroatoms. The molecular weight excluding hydrogens is 416 g/mol. The topological polar surface area (TPSA) is 68.3 Å². The van der Waals surface area contributed by atoms with Gasteiger partial charge in [0.15, 0.2) is 11.5 Å². The van der Waals surface area contributed by atoms with E-state index in [1.807, 2.05) is 36.4 Å². The van der Waals surface area contributed by atoms with E-state index in [0.717, 1.165) is 60.9 Å². The van der Waals surface area contributed by atoms with Crippen LogP contribution in [0.4, 0.5) is 0 Å². The van der Waals surface area contributed by atoms with Gasteiger partial charge < -0.3 is 14.2 Å². The predicted molar refractivity (Wildman–Crippen MR) is 119 cm³/mol. The highest BCUT2D eigenvalue weighted by molar-refractivity contribution is 7.88. The molecule has 0 amide bonds. The van der Waals surface area contributed by atoms with Crippen LogP contribution < -0.4 is 14.2 Å². The number of nitrogens with zero attached hydrogens (tertiary/aromatic N) is 2. The number of rotatable bonds is 5. The number of para-hydroxylation sites is 1. The fourth-order valence-corrected chi connectivity index (χ4v) is 5.26. The number of benzene rings is 2. The summed E-state index contributed by atoms with van der Waals surface area (Å²) in [6.07, 6.45) is 2.81. The highest BCUT2D eigenvalue weighted by Gasteiger charge is 2.42. The Hall–Kier alpha value is -2.29. The van der Waals surface area contributed by atoms with E-state index in [-0.39, 0.29) is 0 Å². The minimum Gasteiger partial charge on any atom is -0.493 e. The van der Waals surface area contributed by atoms with Gasteiger partial charge in [0.2, 0.25) is 10.0 Å². The molecule has 2 aliphatic heterocycles. The molecule has 1 fully saturated rings. The van der Waals surface area contributed by atoms with Gasteiger partial charge in [-0.25, -0.2) is 8.42 Å². The zero-order chi connectivity index (χ0) is 22.1. The van der Waals surface area contributed by atoms with E-state index in [0.29, 0.717) is 13.1 Å². The lowest BCUT2D eigenvalue weighted by molar-refractivity contribution is -0.00745. The van der Waals surface area contributed by atoms with Crippen molar-refractivity contribution in [2.45, 2.75) is 31.5 Å². The van der Waals surface area contributed by atoms with Gasteiger partial charge in [0, 0.05) is 44.6 Å². The molecule has 0 atom stereocenters. The van der Waals surface area contributed by atoms with Crippen molar-refractivity contribution in [1.82, 2.24) is 9.21 Å². The first kappa shape index (κ1) is 21.9. The molecule has 1 saturated heterocycles. The maximum absolute atomic E-state index is 12.4. The zero-order valence-corrected chi connectivity index (χ0v) is 19.2. The van der Waals surface area contributed by atoms with Crippen molar-refractivity contribution in [1.29, 1.82) is 0 Å². The lowest BCUT2D eigenvalue weighted by atomic mass is 9.90. The molecule has 0 saturated carbocycles. The lowest BCUT2D eigenvalue weighted by Gasteiger charge is -2.42. The average molecular weight is 447 g/mol. The third kappa shape index (κ3) is 4.81. The Morgan fingerprint density at radius 1 is 1.03 bits per heavy atom. The highest BCUT2D eigenvalue weighted by Crippen LogP contribution is 2.37. The van der Waals surface area contributed by atoms with Gasteiger partial charge in [0.1, 0.15) is 11.4 Å². The molecular formula is C23H30N2O5S. The summed E-state index contributed by atoms with van der Waals surface area (Å²) >= 11 is 0. The van der Waals surface area contributed by atoms with E-state index in [9.17, 15) is 8.42 Å². The monoisotopic (exact) mass is 446 g/mol. The van der Waals surface area contributed by atoms with Crippen molar-refractivity contribution >= 4 is 10.0 Å². The minimum absolute atomic E-state index is 0.353. The number of sulfonamides is 1. The Morgan fingerprint density at radius 3 is 2.42 bits per heavy atom. The number of hydrogen-bond acceptors (Lipinski definition) is 6. The number of likely N-dealkylation sites (tertiary alicyclic amines) is 1. The van der Waals surface area contributed by atoms with Gasteiger partial charge in [-0.1, -0.05) is 24.3 Å². The third-order valence-corrected chi connectivity index (χ3v) is 7.40. The first-order valence-corrected chi connectivity index (χ1v) is 12.3. The molecule has 0 unspecified atom stereocenters. The lowest BCUT2D eigenvalue weighted by Crippen LogP contribution is -2.53. The standard InChI is InChI=1S/C23H30N2O5S/c1-28-21-9-8-18(14-22(21)29-2)15-24-12-10-23(11-13-24)17-25(31(3,26)27)16-19-6-4-5-7-20(19)30-23/h4-9,14H,10-13,15-17H2,1-3H3. The van der Waals surface area contributed by atoms with Crippen LogP contribution in [0.2, 0.25) is 0 Å². The van der Waals surface area contributed by atoms with Crippen LogP contribution in [0.15, 0.2) is 42.5 Å². The number of piperidine rings is 1. The summed E-state index contributed by atoms with van der Waals surface area (Å²) in [6.45, 7) is 3.18. The van der Waals surface area contributed by atoms with Crippen molar-refractivity contribution < 1.29 is 22.6 Å². The van der Waals surface area contributed by atoms with Crippen molar-refractivity contribution in [3.63, 3.8) is 0 Å². The van der Waals surface area contributed by atoms with Gasteiger partial charge in [0.25, 0.3) is 0 Å². The number of ether oxygens (including phenoxy) is 3. The van der Waals surface area contributed by atoms with Crippen molar-refractivity contribution in [3.05, 3.63) is 53.6 Å². The third-order valence-electron chi connectivity index (χ3n) is 6.20. The Kier molecular flexibility index (Phi) is 6.14. The molecule has 0 aliphatic carbocycles. The normalized spacial score (nSPS) is 19.3. The van der Waals surface area contributed by atoms with Gasteiger partial charge >= 0.3 is 0 Å². The molecule has 2 heterocycles. The van der Waals surface area contributed by atoms with Crippen molar-refractivity contribution in [2.24, 2.45) is 0 Å². The van der Waals surface area contributed by atoms with E-state index in [2.05, 4.69) is 11.0 Å². The Labute approximate surface area is 184 Å². The summed E-state index contributed by atoms with van der Waals surface area (Å²) < 4.78 is 43.7. The summed E-state index contributed by atoms with van der Waals surface area (Å²) in [5, 5.41) is 0. The molecule has 2 aromatic carbocycles. The molecule has 1 spiro atoms. The summed E-state index contributed by atoms with van der Waals surface area (Å²) in [5.41, 5.74) is 1.56. The molecule has 0 bridgehead atoms. The van der Waals surface area contributed by atoms with E-state index >= 15 is 0 Å². The van der Waals surface area contributed by atoms with E-state index in [1.54, 1.807) is 18.5 Å². The van der Waals surface area contributed by atoms with Crippen LogP contribution in [-0.2, 0) is 23.1 Å². The number of methoxy groups -OCH3 is 2. The first-order valence-electron chi connectivity index (χ1n) is 10.5. The van der Waals surface area contributed by atoms with Gasteiger partial charge in [-0.3, -0.25) is 4.90 Å². The predicted octanol–water partition coefficient (Wildman–Crippen LogP) is 2.89. The molecule has 2 aromatic rings. The molecule has 4 rings (SSSR count). The molecule has 0 N–H and O–H groups in total. The van der Waals surface area contributed by atoms with E-state index < -0.39 is 15.6 Å². The fourth-order valence-electron chi connectivity index (χ4n) is 4.42. The second-order valence-corrected chi connectivity index (χ2v) is 10.4. The fraction of sp³-hybridized carbons (Fsp3) is 0.478. The largest absolute Gasteiger partial charge is 0.493 e. The van der Waals surface area contributed by atoms with Crippen molar-refractivity contribution in [3.8, 4) is 17.2 Å². The van der Waals surface area contributed by atoms with Crippen LogP contribution in [-0.4, -0.2) is 63.3 Å². The summed E-state index contributed by atoms with van der Waals surface area (Å²) in [7, 11) is -0.0585. The van der Waals surface area contributed by atoms with Gasteiger partial charge in [-0.05, 0) is 23.8 Å². The maximum atomic E-state index is 12.4. The van der Waals surface area contributed by atoms with Crippen LogP contribution in [0.1, 0.15) is 24.0 Å². The highest BCUT2D eigenvalue weighted by atomic mass is 32.2.